The highest BCUT2D eigenvalue weighted by atomic mass is 16.2. The summed E-state index contributed by atoms with van der Waals surface area (Å²) in [7, 11) is 0. The number of carbonyl (C=O) groups is 1. The molecule has 0 bridgehead atoms. The molecule has 0 aliphatic carbocycles. The number of likely N-dealkylation sites (tertiary alicyclic amines) is 1. The number of pyridine rings is 1. The number of amides is 1. The van der Waals surface area contributed by atoms with Crippen molar-refractivity contribution in [1.82, 2.24) is 24.1 Å². The minimum atomic E-state index is -0.323. The zero-order chi connectivity index (χ0) is 17.4. The maximum atomic E-state index is 13.0. The van der Waals surface area contributed by atoms with E-state index in [0.29, 0.717) is 18.7 Å². The zero-order valence-electron chi connectivity index (χ0n) is 14.0. The second-order valence-electron chi connectivity index (χ2n) is 6.44. The molecule has 3 aromatic rings. The van der Waals surface area contributed by atoms with Gasteiger partial charge in [0.05, 0.1) is 18.8 Å². The lowest BCUT2D eigenvalue weighted by Gasteiger charge is -2.24. The Kier molecular flexibility index (Phi) is 3.83. The van der Waals surface area contributed by atoms with Crippen molar-refractivity contribution in [1.29, 1.82) is 0 Å². The van der Waals surface area contributed by atoms with Gasteiger partial charge in [0.15, 0.2) is 0 Å². The molecule has 0 N–H and O–H groups in total. The molecule has 0 spiro atoms. The second kappa shape index (κ2) is 6.16. The fraction of sp³-hybridized carbons (Fsp3) is 0.333. The van der Waals surface area contributed by atoms with E-state index in [1.54, 1.807) is 29.4 Å². The van der Waals surface area contributed by atoms with Gasteiger partial charge in [-0.15, -0.1) is 0 Å². The summed E-state index contributed by atoms with van der Waals surface area (Å²) >= 11 is 0. The fourth-order valence-corrected chi connectivity index (χ4v) is 3.40. The summed E-state index contributed by atoms with van der Waals surface area (Å²) < 4.78 is 3.27. The van der Waals surface area contributed by atoms with Crippen LogP contribution in [0.25, 0.3) is 5.65 Å². The summed E-state index contributed by atoms with van der Waals surface area (Å²) in [6.07, 6.45) is 8.64. The number of hydrogen-bond donors (Lipinski definition) is 0. The molecule has 1 amide bonds. The third-order valence-electron chi connectivity index (χ3n) is 4.64. The fourth-order valence-electron chi connectivity index (χ4n) is 3.40. The number of fused-ring (bicyclic) bond motifs is 1. The van der Waals surface area contributed by atoms with E-state index in [1.165, 1.54) is 10.6 Å². The van der Waals surface area contributed by atoms with E-state index in [9.17, 15) is 9.59 Å². The van der Waals surface area contributed by atoms with Gasteiger partial charge in [-0.1, -0.05) is 6.07 Å². The quantitative estimate of drug-likeness (QED) is 0.726. The predicted molar refractivity (Wildman–Crippen MR) is 92.5 cm³/mol. The van der Waals surface area contributed by atoms with Gasteiger partial charge in [0.2, 0.25) is 0 Å². The van der Waals surface area contributed by atoms with Gasteiger partial charge in [0, 0.05) is 25.1 Å². The lowest BCUT2D eigenvalue weighted by Crippen LogP contribution is -2.41. The Hall–Kier alpha value is -2.96. The van der Waals surface area contributed by atoms with Crippen LogP contribution < -0.4 is 5.56 Å². The lowest BCUT2D eigenvalue weighted by atomic mass is 10.2. The van der Waals surface area contributed by atoms with Gasteiger partial charge in [-0.05, 0) is 37.5 Å². The van der Waals surface area contributed by atoms with Crippen molar-refractivity contribution in [3.05, 3.63) is 64.5 Å². The topological polar surface area (TPSA) is 72.5 Å². The minimum Gasteiger partial charge on any atom is -0.334 e. The van der Waals surface area contributed by atoms with Gasteiger partial charge in [-0.25, -0.2) is 4.98 Å². The van der Waals surface area contributed by atoms with Crippen LogP contribution in [0.1, 0.15) is 28.8 Å². The highest BCUT2D eigenvalue weighted by molar-refractivity contribution is 5.94. The van der Waals surface area contributed by atoms with E-state index < -0.39 is 0 Å². The van der Waals surface area contributed by atoms with Crippen LogP contribution in [0.5, 0.6) is 0 Å². The molecule has 7 nitrogen and oxygen atoms in total. The number of nitrogens with zero attached hydrogens (tertiary/aromatic N) is 5. The van der Waals surface area contributed by atoms with Crippen molar-refractivity contribution in [3.63, 3.8) is 0 Å². The van der Waals surface area contributed by atoms with Crippen molar-refractivity contribution >= 4 is 11.6 Å². The first-order valence-electron chi connectivity index (χ1n) is 8.40. The average Bonchev–Trinajstić information content (AvgIpc) is 3.24. The molecule has 3 aromatic heterocycles. The summed E-state index contributed by atoms with van der Waals surface area (Å²) in [4.78, 5) is 31.6. The van der Waals surface area contributed by atoms with Crippen LogP contribution in [0.4, 0.5) is 0 Å². The Labute approximate surface area is 144 Å². The molecule has 1 aliphatic rings. The molecular weight excluding hydrogens is 318 g/mol. The summed E-state index contributed by atoms with van der Waals surface area (Å²) in [6.45, 7) is 3.28. The van der Waals surface area contributed by atoms with Crippen LogP contribution >= 0.6 is 0 Å². The van der Waals surface area contributed by atoms with Crippen LogP contribution in [0.15, 0.2) is 47.8 Å². The molecule has 1 unspecified atom stereocenters. The summed E-state index contributed by atoms with van der Waals surface area (Å²) in [5.74, 6) is -0.248. The Morgan fingerprint density at radius 3 is 3.00 bits per heavy atom. The van der Waals surface area contributed by atoms with Crippen molar-refractivity contribution < 1.29 is 4.79 Å². The van der Waals surface area contributed by atoms with E-state index in [4.69, 9.17) is 0 Å². The van der Waals surface area contributed by atoms with Crippen molar-refractivity contribution in [2.45, 2.75) is 32.4 Å². The Balaban J connectivity index is 1.63. The number of hydrogen-bond acceptors (Lipinski definition) is 4. The van der Waals surface area contributed by atoms with Crippen molar-refractivity contribution in [3.8, 4) is 0 Å². The van der Waals surface area contributed by atoms with Gasteiger partial charge in [-0.3, -0.25) is 18.7 Å². The molecule has 25 heavy (non-hydrogen) atoms. The van der Waals surface area contributed by atoms with E-state index in [1.807, 2.05) is 23.9 Å². The van der Waals surface area contributed by atoms with E-state index in [2.05, 4.69) is 10.1 Å². The molecular formula is C18H19N5O2. The third kappa shape index (κ3) is 2.82. The van der Waals surface area contributed by atoms with Crippen LogP contribution in [-0.4, -0.2) is 42.6 Å². The number of aryl methyl sites for hydroxylation is 1. The molecule has 1 fully saturated rings. The lowest BCUT2D eigenvalue weighted by molar-refractivity contribution is 0.0719. The molecule has 4 rings (SSSR count). The normalized spacial score (nSPS) is 17.3. The maximum absolute atomic E-state index is 13.0. The average molecular weight is 337 g/mol. The van der Waals surface area contributed by atoms with Crippen molar-refractivity contribution in [2.24, 2.45) is 0 Å². The SMILES string of the molecule is Cc1cnn(CC2CCCN2C(=O)c2cnc3ccccn3c2=O)c1. The summed E-state index contributed by atoms with van der Waals surface area (Å²) in [5, 5.41) is 4.30. The van der Waals surface area contributed by atoms with Gasteiger partial charge < -0.3 is 4.90 Å². The standard InChI is InChI=1S/C18H19N5O2/c1-13-9-20-21(11-13)12-14-5-4-8-22(14)17(24)15-10-19-16-6-2-3-7-23(16)18(15)25/h2-3,6-7,9-11,14H,4-5,8,12H2,1H3. The van der Waals surface area contributed by atoms with Gasteiger partial charge in [-0.2, -0.15) is 5.10 Å². The first-order chi connectivity index (χ1) is 12.1. The molecule has 1 aliphatic heterocycles. The Morgan fingerprint density at radius 2 is 2.20 bits per heavy atom. The first-order valence-corrected chi connectivity index (χ1v) is 8.40. The molecule has 1 saturated heterocycles. The molecule has 7 heteroatoms. The first kappa shape index (κ1) is 15.6. The van der Waals surface area contributed by atoms with E-state index >= 15 is 0 Å². The Bertz CT molecular complexity index is 990. The van der Waals surface area contributed by atoms with Gasteiger partial charge >= 0.3 is 0 Å². The molecule has 4 heterocycles. The maximum Gasteiger partial charge on any atom is 0.270 e. The van der Waals surface area contributed by atoms with Crippen LogP contribution in [0.2, 0.25) is 0 Å². The Morgan fingerprint density at radius 1 is 1.32 bits per heavy atom. The molecule has 1 atom stereocenters. The monoisotopic (exact) mass is 337 g/mol. The summed E-state index contributed by atoms with van der Waals surface area (Å²) in [5.41, 5.74) is 1.42. The van der Waals surface area contributed by atoms with Crippen molar-refractivity contribution in [2.75, 3.05) is 6.54 Å². The van der Waals surface area contributed by atoms with Gasteiger partial charge in [0.1, 0.15) is 11.2 Å². The van der Waals surface area contributed by atoms with Crippen LogP contribution in [0.3, 0.4) is 0 Å². The smallest absolute Gasteiger partial charge is 0.270 e. The third-order valence-corrected chi connectivity index (χ3v) is 4.64. The zero-order valence-corrected chi connectivity index (χ0v) is 14.0. The summed E-state index contributed by atoms with van der Waals surface area (Å²) in [6, 6.07) is 5.35. The highest BCUT2D eigenvalue weighted by Crippen LogP contribution is 2.20. The second-order valence-corrected chi connectivity index (χ2v) is 6.44. The largest absolute Gasteiger partial charge is 0.334 e. The predicted octanol–water partition coefficient (Wildman–Crippen LogP) is 1.50. The number of carbonyl (C=O) groups excluding carboxylic acids is 1. The molecule has 0 saturated carbocycles. The van der Waals surface area contributed by atoms with E-state index in [0.717, 1.165) is 18.4 Å². The number of rotatable bonds is 3. The minimum absolute atomic E-state index is 0.0441. The van der Waals surface area contributed by atoms with Crippen LogP contribution in [-0.2, 0) is 6.54 Å². The van der Waals surface area contributed by atoms with Crippen LogP contribution in [0, 0.1) is 6.92 Å². The van der Waals surface area contributed by atoms with Gasteiger partial charge in [0.25, 0.3) is 11.5 Å². The number of aromatic nitrogens is 4. The molecule has 128 valence electrons. The van der Waals surface area contributed by atoms with E-state index in [-0.39, 0.29) is 23.1 Å². The molecule has 0 aromatic carbocycles. The molecule has 0 radical (unpaired) electrons. The highest BCUT2D eigenvalue weighted by Gasteiger charge is 2.31.